The second-order valence-corrected chi connectivity index (χ2v) is 5.41. The topological polar surface area (TPSA) is 82.1 Å². The summed E-state index contributed by atoms with van der Waals surface area (Å²) in [5.74, 6) is 0.879. The molecule has 7 nitrogen and oxygen atoms in total. The van der Waals surface area contributed by atoms with Gasteiger partial charge in [0.25, 0.3) is 11.8 Å². The lowest BCUT2D eigenvalue weighted by atomic mass is 10.2. The fourth-order valence-electron chi connectivity index (χ4n) is 1.71. The molecule has 1 heterocycles. The minimum absolute atomic E-state index is 0.0440. The van der Waals surface area contributed by atoms with Crippen LogP contribution in [0.1, 0.15) is 53.4 Å². The average molecular weight is 341 g/mol. The molecule has 2 amide bonds. The molecule has 7 heteroatoms. The van der Waals surface area contributed by atoms with E-state index in [-0.39, 0.29) is 31.5 Å². The third-order valence-corrected chi connectivity index (χ3v) is 2.91. The molecule has 1 saturated heterocycles. The maximum Gasteiger partial charge on any atom is 0.333 e. The molecule has 0 radical (unpaired) electrons. The molecule has 1 rings (SSSR count). The maximum absolute atomic E-state index is 11.4. The van der Waals surface area contributed by atoms with Crippen molar-refractivity contribution in [3.63, 3.8) is 0 Å². The van der Waals surface area contributed by atoms with E-state index in [4.69, 9.17) is 20.7 Å². The van der Waals surface area contributed by atoms with E-state index >= 15 is 0 Å². The van der Waals surface area contributed by atoms with Gasteiger partial charge in [0.1, 0.15) is 6.61 Å². The van der Waals surface area contributed by atoms with Gasteiger partial charge in [-0.3, -0.25) is 9.59 Å². The van der Waals surface area contributed by atoms with Gasteiger partial charge < -0.3 is 14.3 Å². The van der Waals surface area contributed by atoms with E-state index in [1.165, 1.54) is 0 Å². The van der Waals surface area contributed by atoms with Crippen LogP contribution in [0.25, 0.3) is 0 Å². The Hall–Kier alpha value is -1.91. The summed E-state index contributed by atoms with van der Waals surface area (Å²) >= 11 is 0. The molecule has 0 aromatic carbocycles. The highest BCUT2D eigenvalue weighted by Crippen LogP contribution is 2.13. The Bertz CT molecular complexity index is 438. The van der Waals surface area contributed by atoms with E-state index in [9.17, 15) is 14.4 Å². The smallest absolute Gasteiger partial charge is 0.333 e. The van der Waals surface area contributed by atoms with Crippen molar-refractivity contribution in [1.29, 1.82) is 0 Å². The van der Waals surface area contributed by atoms with Gasteiger partial charge in [0.2, 0.25) is 0 Å². The standard InChI is InChI=1S/C11H17NO5.C6H10O/c1-3-16-8(2)4-7-11(15)17-12-9(13)5-6-10(12)14;1-4-5-7-6(2)3/h8H,3-7H2,1-2H3;1,6H,5H2,2-3H3. The Morgan fingerprint density at radius 2 is 1.79 bits per heavy atom. The molecule has 0 aromatic heterocycles. The number of terminal acetylenes is 1. The highest BCUT2D eigenvalue weighted by Gasteiger charge is 2.32. The highest BCUT2D eigenvalue weighted by molar-refractivity contribution is 6.01. The summed E-state index contributed by atoms with van der Waals surface area (Å²) in [6.45, 7) is 8.64. The van der Waals surface area contributed by atoms with Crippen LogP contribution >= 0.6 is 0 Å². The van der Waals surface area contributed by atoms with Gasteiger partial charge in [-0.05, 0) is 34.1 Å². The molecule has 1 aliphatic rings. The zero-order chi connectivity index (χ0) is 18.5. The van der Waals surface area contributed by atoms with Crippen LogP contribution in [0.15, 0.2) is 0 Å². The van der Waals surface area contributed by atoms with Crippen LogP contribution in [0.4, 0.5) is 0 Å². The number of nitrogens with zero attached hydrogens (tertiary/aromatic N) is 1. The Kier molecular flexibility index (Phi) is 11.5. The second kappa shape index (κ2) is 12.5. The Balaban J connectivity index is 0.000000640. The minimum atomic E-state index is -0.583. The van der Waals surface area contributed by atoms with Crippen LogP contribution in [0, 0.1) is 12.3 Å². The Morgan fingerprint density at radius 1 is 1.21 bits per heavy atom. The van der Waals surface area contributed by atoms with Crippen molar-refractivity contribution in [2.24, 2.45) is 0 Å². The summed E-state index contributed by atoms with van der Waals surface area (Å²) in [7, 11) is 0. The number of hydrogen-bond acceptors (Lipinski definition) is 6. The molecule has 1 aliphatic heterocycles. The molecule has 0 N–H and O–H groups in total. The molecular formula is C17H27NO6. The summed E-state index contributed by atoms with van der Waals surface area (Å²) < 4.78 is 10.2. The first-order valence-electron chi connectivity index (χ1n) is 8.05. The fraction of sp³-hybridized carbons (Fsp3) is 0.706. The molecule has 0 saturated carbocycles. The lowest BCUT2D eigenvalue weighted by Crippen LogP contribution is -2.32. The van der Waals surface area contributed by atoms with E-state index in [1.807, 2.05) is 27.7 Å². The van der Waals surface area contributed by atoms with Gasteiger partial charge in [0.05, 0.1) is 18.6 Å². The van der Waals surface area contributed by atoms with E-state index in [2.05, 4.69) is 5.92 Å². The van der Waals surface area contributed by atoms with E-state index in [1.54, 1.807) is 0 Å². The van der Waals surface area contributed by atoms with Gasteiger partial charge in [-0.25, -0.2) is 4.79 Å². The third-order valence-electron chi connectivity index (χ3n) is 2.91. The number of carbonyl (C=O) groups excluding carboxylic acids is 3. The van der Waals surface area contributed by atoms with Crippen LogP contribution in [0.2, 0.25) is 0 Å². The molecule has 0 spiro atoms. The number of carbonyl (C=O) groups is 3. The van der Waals surface area contributed by atoms with E-state index in [0.717, 1.165) is 0 Å². The Labute approximate surface area is 143 Å². The minimum Gasteiger partial charge on any atom is -0.379 e. The SMILES string of the molecule is C#CCOC(C)C.CCOC(C)CCC(=O)ON1C(=O)CCC1=O. The summed E-state index contributed by atoms with van der Waals surface area (Å²) in [5.41, 5.74) is 0. The molecule has 1 fully saturated rings. The number of ether oxygens (including phenoxy) is 2. The van der Waals surface area contributed by atoms with Gasteiger partial charge >= 0.3 is 5.97 Å². The van der Waals surface area contributed by atoms with Crippen LogP contribution in [-0.2, 0) is 28.7 Å². The largest absolute Gasteiger partial charge is 0.379 e. The van der Waals surface area contributed by atoms with Crippen molar-refractivity contribution in [2.45, 2.75) is 65.6 Å². The molecule has 1 atom stereocenters. The monoisotopic (exact) mass is 341 g/mol. The van der Waals surface area contributed by atoms with Gasteiger partial charge in [-0.1, -0.05) is 5.92 Å². The van der Waals surface area contributed by atoms with E-state index in [0.29, 0.717) is 24.7 Å². The summed E-state index contributed by atoms with van der Waals surface area (Å²) in [6.07, 6.45) is 5.97. The molecule has 24 heavy (non-hydrogen) atoms. The molecular weight excluding hydrogens is 314 g/mol. The maximum atomic E-state index is 11.4. The van der Waals surface area contributed by atoms with Gasteiger partial charge in [0, 0.05) is 19.4 Å². The lowest BCUT2D eigenvalue weighted by Gasteiger charge is -2.14. The molecule has 0 bridgehead atoms. The van der Waals surface area contributed by atoms with Gasteiger partial charge in [-0.2, -0.15) is 0 Å². The number of imide groups is 1. The van der Waals surface area contributed by atoms with Crippen molar-refractivity contribution in [3.05, 3.63) is 0 Å². The van der Waals surface area contributed by atoms with Crippen LogP contribution in [0.3, 0.4) is 0 Å². The van der Waals surface area contributed by atoms with Crippen molar-refractivity contribution >= 4 is 17.8 Å². The molecule has 0 aliphatic carbocycles. The third kappa shape index (κ3) is 9.98. The first kappa shape index (κ1) is 22.1. The normalized spacial score (nSPS) is 14.9. The van der Waals surface area contributed by atoms with Crippen molar-refractivity contribution in [1.82, 2.24) is 5.06 Å². The summed E-state index contributed by atoms with van der Waals surface area (Å²) in [4.78, 5) is 38.4. The Morgan fingerprint density at radius 3 is 2.21 bits per heavy atom. The number of amides is 2. The molecule has 0 aromatic rings. The first-order valence-corrected chi connectivity index (χ1v) is 8.05. The van der Waals surface area contributed by atoms with Crippen LogP contribution in [0.5, 0.6) is 0 Å². The van der Waals surface area contributed by atoms with E-state index < -0.39 is 17.8 Å². The summed E-state index contributed by atoms with van der Waals surface area (Å²) in [5, 5.41) is 0.563. The zero-order valence-electron chi connectivity index (χ0n) is 14.9. The van der Waals surface area contributed by atoms with Crippen molar-refractivity contribution in [3.8, 4) is 12.3 Å². The second-order valence-electron chi connectivity index (χ2n) is 5.41. The molecule has 136 valence electrons. The van der Waals surface area contributed by atoms with Crippen molar-refractivity contribution < 1.29 is 28.7 Å². The zero-order valence-corrected chi connectivity index (χ0v) is 14.9. The number of hydroxylamine groups is 2. The summed E-state index contributed by atoms with van der Waals surface area (Å²) in [6, 6.07) is 0. The van der Waals surface area contributed by atoms with Crippen molar-refractivity contribution in [2.75, 3.05) is 13.2 Å². The number of rotatable bonds is 8. The average Bonchev–Trinajstić information content (AvgIpc) is 2.84. The van der Waals surface area contributed by atoms with Crippen LogP contribution < -0.4 is 0 Å². The van der Waals surface area contributed by atoms with Gasteiger partial charge in [0.15, 0.2) is 0 Å². The fourth-order valence-corrected chi connectivity index (χ4v) is 1.71. The highest BCUT2D eigenvalue weighted by atomic mass is 16.7. The van der Waals surface area contributed by atoms with Crippen LogP contribution in [-0.4, -0.2) is 48.3 Å². The quantitative estimate of drug-likeness (QED) is 0.495. The lowest BCUT2D eigenvalue weighted by molar-refractivity contribution is -0.197. The predicted molar refractivity (Wildman–Crippen MR) is 87.4 cm³/mol. The first-order chi connectivity index (χ1) is 11.3. The van der Waals surface area contributed by atoms with Gasteiger partial charge in [-0.15, -0.1) is 11.5 Å². The number of hydrogen-bond donors (Lipinski definition) is 0. The predicted octanol–water partition coefficient (Wildman–Crippen LogP) is 1.84. The molecule has 1 unspecified atom stereocenters.